The van der Waals surface area contributed by atoms with Crippen LogP contribution in [0.15, 0.2) is 23.4 Å². The van der Waals surface area contributed by atoms with E-state index >= 15 is 0 Å². The quantitative estimate of drug-likeness (QED) is 0.558. The summed E-state index contributed by atoms with van der Waals surface area (Å²) in [4.78, 5) is 6.66. The molecule has 1 aromatic rings. The van der Waals surface area contributed by atoms with Crippen molar-refractivity contribution >= 4 is 23.4 Å². The van der Waals surface area contributed by atoms with Crippen molar-refractivity contribution in [2.75, 3.05) is 38.5 Å². The molecule has 0 bridgehead atoms. The fraction of sp³-hybridized carbons (Fsp3) is 0.615. The Morgan fingerprint density at radius 1 is 1.28 bits per heavy atom. The maximum Gasteiger partial charge on any atom is 0.0961 e. The lowest BCUT2D eigenvalue weighted by molar-refractivity contribution is 0.303. The van der Waals surface area contributed by atoms with E-state index in [0.717, 1.165) is 43.5 Å². The molecule has 1 N–H and O–H groups in total. The van der Waals surface area contributed by atoms with E-state index in [9.17, 15) is 0 Å². The van der Waals surface area contributed by atoms with Crippen LogP contribution in [0.5, 0.6) is 0 Å². The Morgan fingerprint density at radius 2 is 2.06 bits per heavy atom. The summed E-state index contributed by atoms with van der Waals surface area (Å²) in [6.45, 7) is 9.84. The second-order valence-corrected chi connectivity index (χ2v) is 5.49. The first-order chi connectivity index (χ1) is 8.76. The summed E-state index contributed by atoms with van der Waals surface area (Å²) in [6, 6.07) is 3.84. The monoisotopic (exact) mass is 287 g/mol. The molecule has 0 aliphatic rings. The van der Waals surface area contributed by atoms with Gasteiger partial charge >= 0.3 is 0 Å². The Bertz CT molecular complexity index is 315. The molecule has 0 atom stereocenters. The first-order valence-corrected chi connectivity index (χ1v) is 7.80. The molecule has 0 saturated heterocycles. The third kappa shape index (κ3) is 6.59. The minimum absolute atomic E-state index is 0.691. The Kier molecular flexibility index (Phi) is 8.42. The number of nitrogens with zero attached hydrogens (tertiary/aromatic N) is 2. The lowest BCUT2D eigenvalue weighted by Gasteiger charge is -2.17. The molecule has 1 aromatic heterocycles. The van der Waals surface area contributed by atoms with E-state index in [1.54, 1.807) is 18.0 Å². The highest BCUT2D eigenvalue weighted by molar-refractivity contribution is 7.99. The van der Waals surface area contributed by atoms with Gasteiger partial charge in [0.15, 0.2) is 0 Å². The van der Waals surface area contributed by atoms with Crippen molar-refractivity contribution in [1.82, 2.24) is 15.2 Å². The molecule has 0 radical (unpaired) electrons. The van der Waals surface area contributed by atoms with Gasteiger partial charge in [-0.3, -0.25) is 0 Å². The second kappa shape index (κ2) is 9.62. The summed E-state index contributed by atoms with van der Waals surface area (Å²) < 4.78 is 0. The molecule has 1 rings (SSSR count). The summed E-state index contributed by atoms with van der Waals surface area (Å²) in [6.07, 6.45) is 1.69. The maximum atomic E-state index is 5.78. The number of nitrogens with one attached hydrogen (secondary N) is 1. The van der Waals surface area contributed by atoms with Crippen molar-refractivity contribution in [2.45, 2.75) is 18.9 Å². The van der Waals surface area contributed by atoms with Crippen LogP contribution in [-0.2, 0) is 0 Å². The lowest BCUT2D eigenvalue weighted by Crippen LogP contribution is -2.32. The number of hydrogen-bond acceptors (Lipinski definition) is 4. The highest BCUT2D eigenvalue weighted by Gasteiger charge is 1.98. The van der Waals surface area contributed by atoms with Crippen molar-refractivity contribution in [2.24, 2.45) is 0 Å². The Hall–Kier alpha value is -0.290. The zero-order chi connectivity index (χ0) is 13.2. The van der Waals surface area contributed by atoms with E-state index in [2.05, 4.69) is 29.0 Å². The molecule has 0 amide bonds. The van der Waals surface area contributed by atoms with Crippen molar-refractivity contribution in [3.63, 3.8) is 0 Å². The number of hydrogen-bond donors (Lipinski definition) is 1. The minimum Gasteiger partial charge on any atom is -0.315 e. The van der Waals surface area contributed by atoms with Crippen LogP contribution in [0.1, 0.15) is 13.8 Å². The Balaban J connectivity index is 2.03. The van der Waals surface area contributed by atoms with Gasteiger partial charge in [0.2, 0.25) is 0 Å². The molecular formula is C13H22ClN3S. The molecular weight excluding hydrogens is 266 g/mol. The second-order valence-electron chi connectivity index (χ2n) is 3.94. The van der Waals surface area contributed by atoms with E-state index in [0.29, 0.717) is 5.02 Å². The van der Waals surface area contributed by atoms with E-state index in [1.807, 2.05) is 12.1 Å². The van der Waals surface area contributed by atoms with Crippen molar-refractivity contribution in [3.05, 3.63) is 23.4 Å². The highest BCUT2D eigenvalue weighted by Crippen LogP contribution is 2.16. The maximum absolute atomic E-state index is 5.78. The molecule has 102 valence electrons. The molecule has 0 aliphatic heterocycles. The van der Waals surface area contributed by atoms with Gasteiger partial charge in [-0.2, -0.15) is 0 Å². The summed E-state index contributed by atoms with van der Waals surface area (Å²) >= 11 is 7.54. The number of likely N-dealkylation sites (N-methyl/N-ethyl adjacent to an activating group) is 1. The molecule has 0 unspecified atom stereocenters. The van der Waals surface area contributed by atoms with Gasteiger partial charge in [0.25, 0.3) is 0 Å². The van der Waals surface area contributed by atoms with Crippen LogP contribution in [-0.4, -0.2) is 48.4 Å². The van der Waals surface area contributed by atoms with Gasteiger partial charge in [-0.05, 0) is 25.2 Å². The van der Waals surface area contributed by atoms with Crippen LogP contribution in [0.4, 0.5) is 0 Å². The predicted octanol–water partition coefficient (Wildman–Crippen LogP) is 2.76. The topological polar surface area (TPSA) is 28.2 Å². The van der Waals surface area contributed by atoms with E-state index in [4.69, 9.17) is 11.6 Å². The molecule has 18 heavy (non-hydrogen) atoms. The fourth-order valence-corrected chi connectivity index (χ4v) is 2.44. The number of aromatic nitrogens is 1. The lowest BCUT2D eigenvalue weighted by atomic mass is 10.4. The molecule has 0 aliphatic carbocycles. The number of thioether (sulfide) groups is 1. The van der Waals surface area contributed by atoms with Gasteiger partial charge in [-0.15, -0.1) is 11.8 Å². The number of pyridine rings is 1. The van der Waals surface area contributed by atoms with Crippen LogP contribution in [0.25, 0.3) is 0 Å². The third-order valence-electron chi connectivity index (χ3n) is 2.73. The predicted molar refractivity (Wildman–Crippen MR) is 80.6 cm³/mol. The van der Waals surface area contributed by atoms with Crippen molar-refractivity contribution in [3.8, 4) is 0 Å². The van der Waals surface area contributed by atoms with Crippen LogP contribution in [0, 0.1) is 0 Å². The number of rotatable bonds is 9. The molecule has 5 heteroatoms. The zero-order valence-corrected chi connectivity index (χ0v) is 12.7. The summed E-state index contributed by atoms with van der Waals surface area (Å²) in [5.74, 6) is 1.03. The number of halogens is 1. The van der Waals surface area contributed by atoms with Crippen LogP contribution in [0.3, 0.4) is 0 Å². The summed E-state index contributed by atoms with van der Waals surface area (Å²) in [5, 5.41) is 5.17. The van der Waals surface area contributed by atoms with Gasteiger partial charge < -0.3 is 10.2 Å². The van der Waals surface area contributed by atoms with Gasteiger partial charge in [0, 0.05) is 31.6 Å². The highest BCUT2D eigenvalue weighted by atomic mass is 35.5. The summed E-state index contributed by atoms with van der Waals surface area (Å²) in [7, 11) is 0. The molecule has 0 fully saturated rings. The van der Waals surface area contributed by atoms with Crippen LogP contribution >= 0.6 is 23.4 Å². The molecule has 3 nitrogen and oxygen atoms in total. The van der Waals surface area contributed by atoms with Crippen molar-refractivity contribution in [1.29, 1.82) is 0 Å². The van der Waals surface area contributed by atoms with Gasteiger partial charge in [-0.1, -0.05) is 25.4 Å². The molecule has 1 heterocycles. The van der Waals surface area contributed by atoms with Gasteiger partial charge in [-0.25, -0.2) is 4.98 Å². The van der Waals surface area contributed by atoms with Crippen LogP contribution in [0.2, 0.25) is 5.02 Å². The SMILES string of the molecule is CCN(CC)CCNCCSc1ccc(Cl)cn1. The van der Waals surface area contributed by atoms with E-state index in [1.165, 1.54) is 0 Å². The average Bonchev–Trinajstić information content (AvgIpc) is 2.40. The Morgan fingerprint density at radius 3 is 2.67 bits per heavy atom. The Labute approximate surface area is 119 Å². The summed E-state index contributed by atoms with van der Waals surface area (Å²) in [5.41, 5.74) is 0. The van der Waals surface area contributed by atoms with Crippen molar-refractivity contribution < 1.29 is 0 Å². The van der Waals surface area contributed by atoms with Gasteiger partial charge in [0.1, 0.15) is 0 Å². The zero-order valence-electron chi connectivity index (χ0n) is 11.2. The molecule has 0 aromatic carbocycles. The van der Waals surface area contributed by atoms with E-state index < -0.39 is 0 Å². The average molecular weight is 288 g/mol. The van der Waals surface area contributed by atoms with Crippen LogP contribution < -0.4 is 5.32 Å². The molecule has 0 spiro atoms. The normalized spacial score (nSPS) is 11.1. The first kappa shape index (κ1) is 15.8. The standard InChI is InChI=1S/C13H22ClN3S/c1-3-17(4-2)9-7-15-8-10-18-13-6-5-12(14)11-16-13/h5-6,11,15H,3-4,7-10H2,1-2H3. The third-order valence-corrected chi connectivity index (χ3v) is 3.90. The smallest absolute Gasteiger partial charge is 0.0961 e. The largest absolute Gasteiger partial charge is 0.315 e. The fourth-order valence-electron chi connectivity index (χ4n) is 1.58. The first-order valence-electron chi connectivity index (χ1n) is 6.43. The molecule has 0 saturated carbocycles. The minimum atomic E-state index is 0.691. The van der Waals surface area contributed by atoms with E-state index in [-0.39, 0.29) is 0 Å². The van der Waals surface area contributed by atoms with Gasteiger partial charge in [0.05, 0.1) is 10.0 Å².